The number of anilines is 1. The van der Waals surface area contributed by atoms with Crippen molar-refractivity contribution in [1.29, 1.82) is 0 Å². The van der Waals surface area contributed by atoms with Crippen molar-refractivity contribution in [3.8, 4) is 0 Å². The van der Waals surface area contributed by atoms with Gasteiger partial charge in [-0.05, 0) is 20.0 Å². The highest BCUT2D eigenvalue weighted by molar-refractivity contribution is 7.89. The Balaban J connectivity index is 2.10. The molecule has 1 saturated heterocycles. The molecule has 2 rings (SSSR count). The quantitative estimate of drug-likeness (QED) is 0.768. The summed E-state index contributed by atoms with van der Waals surface area (Å²) in [5.74, 6) is 0.398. The monoisotopic (exact) mass is 271 g/mol. The Morgan fingerprint density at radius 2 is 2.06 bits per heavy atom. The second-order valence-electron chi connectivity index (χ2n) is 4.36. The number of nitrogens with zero attached hydrogens (tertiary/aromatic N) is 3. The smallest absolute Gasteiger partial charge is 0.243 e. The summed E-state index contributed by atoms with van der Waals surface area (Å²) in [6.07, 6.45) is 3.44. The highest BCUT2D eigenvalue weighted by Gasteiger charge is 2.25. The van der Waals surface area contributed by atoms with Crippen LogP contribution in [0.2, 0.25) is 0 Å². The first-order valence-corrected chi connectivity index (χ1v) is 7.20. The van der Waals surface area contributed by atoms with E-state index in [0.29, 0.717) is 5.95 Å². The van der Waals surface area contributed by atoms with Gasteiger partial charge in [0.15, 0.2) is 0 Å². The van der Waals surface area contributed by atoms with Gasteiger partial charge < -0.3 is 10.2 Å². The second-order valence-corrected chi connectivity index (χ2v) is 6.08. The first-order chi connectivity index (χ1) is 8.51. The van der Waals surface area contributed by atoms with Crippen molar-refractivity contribution in [2.75, 3.05) is 32.5 Å². The van der Waals surface area contributed by atoms with E-state index in [4.69, 9.17) is 0 Å². The van der Waals surface area contributed by atoms with Gasteiger partial charge in [0, 0.05) is 19.6 Å². The molecule has 1 aliphatic heterocycles. The Labute approximate surface area is 107 Å². The van der Waals surface area contributed by atoms with Crippen molar-refractivity contribution in [3.63, 3.8) is 0 Å². The Morgan fingerprint density at radius 1 is 1.39 bits per heavy atom. The third-order valence-corrected chi connectivity index (χ3v) is 4.35. The van der Waals surface area contributed by atoms with Crippen LogP contribution in [0.1, 0.15) is 6.42 Å². The summed E-state index contributed by atoms with van der Waals surface area (Å²) < 4.78 is 26.8. The molecule has 8 heteroatoms. The molecule has 0 amide bonds. The fourth-order valence-electron chi connectivity index (χ4n) is 1.90. The zero-order valence-electron chi connectivity index (χ0n) is 10.4. The van der Waals surface area contributed by atoms with E-state index in [2.05, 4.69) is 24.9 Å². The lowest BCUT2D eigenvalue weighted by molar-refractivity contribution is 0.407. The van der Waals surface area contributed by atoms with Crippen LogP contribution in [-0.4, -0.2) is 56.5 Å². The van der Waals surface area contributed by atoms with E-state index in [0.717, 1.165) is 19.5 Å². The molecular formula is C10H17N5O2S. The molecule has 0 saturated carbocycles. The number of likely N-dealkylation sites (tertiary alicyclic amines) is 1. The summed E-state index contributed by atoms with van der Waals surface area (Å²) in [5, 5.41) is 2.74. The minimum Gasteiger partial charge on any atom is -0.357 e. The average Bonchev–Trinajstić information content (AvgIpc) is 2.74. The number of aromatic nitrogens is 2. The van der Waals surface area contributed by atoms with Gasteiger partial charge in [0.1, 0.15) is 4.90 Å². The minimum atomic E-state index is -3.52. The van der Waals surface area contributed by atoms with Crippen LogP contribution in [0, 0.1) is 0 Å². The van der Waals surface area contributed by atoms with Crippen LogP contribution < -0.4 is 10.0 Å². The Morgan fingerprint density at radius 3 is 2.56 bits per heavy atom. The van der Waals surface area contributed by atoms with Crippen LogP contribution >= 0.6 is 0 Å². The fourth-order valence-corrected chi connectivity index (χ4v) is 3.05. The van der Waals surface area contributed by atoms with Crippen molar-refractivity contribution in [2.24, 2.45) is 0 Å². The van der Waals surface area contributed by atoms with Crippen LogP contribution in [0.15, 0.2) is 17.3 Å². The van der Waals surface area contributed by atoms with Gasteiger partial charge >= 0.3 is 0 Å². The number of hydrogen-bond acceptors (Lipinski definition) is 6. The molecule has 0 aliphatic carbocycles. The molecule has 1 aromatic heterocycles. The lowest BCUT2D eigenvalue weighted by atomic mass is 10.3. The predicted molar refractivity (Wildman–Crippen MR) is 67.8 cm³/mol. The molecule has 0 radical (unpaired) electrons. The fraction of sp³-hybridized carbons (Fsp3) is 0.600. The molecular weight excluding hydrogens is 254 g/mol. The molecule has 0 spiro atoms. The van der Waals surface area contributed by atoms with Gasteiger partial charge in [-0.25, -0.2) is 23.1 Å². The summed E-state index contributed by atoms with van der Waals surface area (Å²) in [6.45, 7) is 1.64. The summed E-state index contributed by atoms with van der Waals surface area (Å²) in [7, 11) is 0.127. The van der Waals surface area contributed by atoms with Crippen molar-refractivity contribution in [3.05, 3.63) is 12.4 Å². The number of rotatable bonds is 4. The zero-order valence-corrected chi connectivity index (χ0v) is 11.2. The van der Waals surface area contributed by atoms with Crippen LogP contribution in [0.3, 0.4) is 0 Å². The van der Waals surface area contributed by atoms with Crippen LogP contribution in [-0.2, 0) is 10.0 Å². The molecule has 1 atom stereocenters. The van der Waals surface area contributed by atoms with E-state index in [1.807, 2.05) is 7.05 Å². The van der Waals surface area contributed by atoms with Gasteiger partial charge in [-0.1, -0.05) is 0 Å². The van der Waals surface area contributed by atoms with Gasteiger partial charge in [0.05, 0.1) is 12.4 Å². The summed E-state index contributed by atoms with van der Waals surface area (Å²) in [4.78, 5) is 9.99. The topological polar surface area (TPSA) is 87.2 Å². The van der Waals surface area contributed by atoms with Crippen LogP contribution in [0.4, 0.5) is 5.95 Å². The largest absolute Gasteiger partial charge is 0.357 e. The third-order valence-electron chi connectivity index (χ3n) is 2.88. The second kappa shape index (κ2) is 5.17. The Kier molecular flexibility index (Phi) is 3.79. The lowest BCUT2D eigenvalue weighted by Gasteiger charge is -2.13. The summed E-state index contributed by atoms with van der Waals surface area (Å²) in [6, 6.07) is -0.0380. The summed E-state index contributed by atoms with van der Waals surface area (Å²) >= 11 is 0. The van der Waals surface area contributed by atoms with Gasteiger partial charge in [-0.2, -0.15) is 0 Å². The maximum atomic E-state index is 12.1. The molecule has 2 N–H and O–H groups in total. The first kappa shape index (κ1) is 13.2. The number of nitrogens with one attached hydrogen (secondary N) is 2. The highest BCUT2D eigenvalue weighted by Crippen LogP contribution is 2.12. The lowest BCUT2D eigenvalue weighted by Crippen LogP contribution is -2.36. The molecule has 100 valence electrons. The average molecular weight is 271 g/mol. The van der Waals surface area contributed by atoms with Gasteiger partial charge in [0.25, 0.3) is 0 Å². The maximum absolute atomic E-state index is 12.1. The zero-order chi connectivity index (χ0) is 13.2. The van der Waals surface area contributed by atoms with Crippen molar-refractivity contribution >= 4 is 16.0 Å². The van der Waals surface area contributed by atoms with Crippen molar-refractivity contribution in [1.82, 2.24) is 19.6 Å². The molecule has 1 aromatic rings. The number of sulfonamides is 1. The van der Waals surface area contributed by atoms with E-state index >= 15 is 0 Å². The van der Waals surface area contributed by atoms with Crippen LogP contribution in [0.5, 0.6) is 0 Å². The van der Waals surface area contributed by atoms with E-state index in [9.17, 15) is 8.42 Å². The third kappa shape index (κ3) is 2.95. The molecule has 1 fully saturated rings. The van der Waals surface area contributed by atoms with E-state index in [1.54, 1.807) is 7.05 Å². The number of likely N-dealkylation sites (N-methyl/N-ethyl adjacent to an activating group) is 1. The normalized spacial score (nSPS) is 21.1. The number of hydrogen-bond donors (Lipinski definition) is 2. The summed E-state index contributed by atoms with van der Waals surface area (Å²) in [5.41, 5.74) is 0. The Bertz CT molecular complexity index is 502. The maximum Gasteiger partial charge on any atom is 0.243 e. The molecule has 1 unspecified atom stereocenters. The van der Waals surface area contributed by atoms with E-state index < -0.39 is 10.0 Å². The molecule has 2 heterocycles. The Hall–Kier alpha value is -1.25. The van der Waals surface area contributed by atoms with Gasteiger partial charge in [-0.15, -0.1) is 0 Å². The minimum absolute atomic E-state index is 0.0380. The van der Waals surface area contributed by atoms with Gasteiger partial charge in [-0.3, -0.25) is 0 Å². The van der Waals surface area contributed by atoms with Crippen molar-refractivity contribution < 1.29 is 8.42 Å². The first-order valence-electron chi connectivity index (χ1n) is 5.72. The molecule has 0 aromatic carbocycles. The van der Waals surface area contributed by atoms with E-state index in [1.165, 1.54) is 12.4 Å². The molecule has 0 bridgehead atoms. The highest BCUT2D eigenvalue weighted by atomic mass is 32.2. The molecule has 1 aliphatic rings. The predicted octanol–water partition coefficient (Wildman–Crippen LogP) is -0.499. The van der Waals surface area contributed by atoms with Crippen LogP contribution in [0.25, 0.3) is 0 Å². The van der Waals surface area contributed by atoms with Gasteiger partial charge in [0.2, 0.25) is 16.0 Å². The SMILES string of the molecule is CNc1ncc(S(=O)(=O)NC2CCN(C)C2)cn1. The standard InChI is InChI=1S/C10H17N5O2S/c1-11-10-12-5-9(6-13-10)18(16,17)14-8-3-4-15(2)7-8/h5-6,8,14H,3-4,7H2,1-2H3,(H,11,12,13). The van der Waals surface area contributed by atoms with Crippen molar-refractivity contribution in [2.45, 2.75) is 17.4 Å². The molecule has 7 nitrogen and oxygen atoms in total. The molecule has 18 heavy (non-hydrogen) atoms. The van der Waals surface area contributed by atoms with E-state index in [-0.39, 0.29) is 10.9 Å².